The number of aryl methyl sites for hydroxylation is 1. The lowest BCUT2D eigenvalue weighted by molar-refractivity contribution is -0.143. The van der Waals surface area contributed by atoms with Crippen LogP contribution in [0.25, 0.3) is 21.6 Å². The van der Waals surface area contributed by atoms with E-state index in [-0.39, 0.29) is 11.5 Å². The van der Waals surface area contributed by atoms with E-state index >= 15 is 4.39 Å². The van der Waals surface area contributed by atoms with Crippen molar-refractivity contribution in [3.05, 3.63) is 93.3 Å². The number of rotatable bonds is 7. The summed E-state index contributed by atoms with van der Waals surface area (Å²) in [4.78, 5) is 25.4. The lowest BCUT2D eigenvalue weighted by Crippen LogP contribution is -2.21. The van der Waals surface area contributed by atoms with Crippen molar-refractivity contribution < 1.29 is 23.5 Å². The fraction of sp³-hybridized carbons (Fsp3) is 0.233. The molecule has 206 valence electrons. The predicted octanol–water partition coefficient (Wildman–Crippen LogP) is 8.75. The van der Waals surface area contributed by atoms with Crippen molar-refractivity contribution in [2.75, 3.05) is 12.4 Å². The summed E-state index contributed by atoms with van der Waals surface area (Å²) in [5, 5.41) is 3.52. The number of benzene rings is 3. The topological polar surface area (TPSA) is 77.5 Å². The van der Waals surface area contributed by atoms with Crippen molar-refractivity contribution in [3.8, 4) is 21.6 Å². The molecule has 1 amide bonds. The number of ether oxygens (including phenoxy) is 2. The third-order valence-electron chi connectivity index (χ3n) is 7.09. The number of aromatic nitrogens is 1. The molecule has 1 aromatic heterocycles. The van der Waals surface area contributed by atoms with Crippen molar-refractivity contribution in [1.29, 1.82) is 0 Å². The number of anilines is 1. The molecular weight excluding hydrogens is 574 g/mol. The molecule has 0 spiro atoms. The first kappa shape index (κ1) is 28.1. The van der Waals surface area contributed by atoms with Crippen LogP contribution in [0.2, 0.25) is 10.0 Å². The number of hydrogen-bond acceptors (Lipinski definition) is 6. The number of amides is 1. The van der Waals surface area contributed by atoms with Gasteiger partial charge in [0.2, 0.25) is 0 Å². The van der Waals surface area contributed by atoms with Crippen LogP contribution >= 0.6 is 34.7 Å². The van der Waals surface area contributed by atoms with Crippen molar-refractivity contribution in [1.82, 2.24) is 4.37 Å². The van der Waals surface area contributed by atoms with Crippen LogP contribution in [0.15, 0.2) is 60.7 Å². The van der Waals surface area contributed by atoms with Crippen LogP contribution in [0.1, 0.15) is 42.7 Å². The third kappa shape index (κ3) is 5.31. The Morgan fingerprint density at radius 3 is 2.40 bits per heavy atom. The molecule has 0 saturated heterocycles. The maximum absolute atomic E-state index is 15.5. The second-order valence-electron chi connectivity index (χ2n) is 9.63. The number of nitrogens with zero attached hydrogens (tertiary/aromatic N) is 1. The zero-order valence-electron chi connectivity index (χ0n) is 21.9. The summed E-state index contributed by atoms with van der Waals surface area (Å²) in [6.07, 6.45) is 0.143. The zero-order valence-corrected chi connectivity index (χ0v) is 24.2. The minimum Gasteiger partial charge on any atom is -0.468 e. The highest BCUT2D eigenvalue weighted by atomic mass is 35.5. The zero-order chi connectivity index (χ0) is 28.6. The van der Waals surface area contributed by atoms with Gasteiger partial charge in [-0.2, -0.15) is 4.37 Å². The Balaban J connectivity index is 1.38. The number of hydrogen-bond donors (Lipinski definition) is 1. The monoisotopic (exact) mass is 598 g/mol. The normalized spacial score (nSPS) is 14.3. The maximum atomic E-state index is 15.5. The first-order chi connectivity index (χ1) is 19.1. The lowest BCUT2D eigenvalue weighted by atomic mass is 9.93. The molecule has 3 aromatic carbocycles. The fourth-order valence-electron chi connectivity index (χ4n) is 4.70. The van der Waals surface area contributed by atoms with Gasteiger partial charge < -0.3 is 9.47 Å². The Labute approximate surface area is 245 Å². The SMILES string of the molecule is COC(=O)C1(c2ccc(-c3cc(F)c(-c4snc(C)c4NC(=O)OC(C)c4ccccc4Cl)cc3Cl)cc2)CC1. The van der Waals surface area contributed by atoms with E-state index in [2.05, 4.69) is 9.69 Å². The molecule has 1 unspecified atom stereocenters. The average Bonchev–Trinajstić information content (AvgIpc) is 3.68. The van der Waals surface area contributed by atoms with Gasteiger partial charge in [-0.15, -0.1) is 0 Å². The standard InChI is InChI=1S/C30H25Cl2FN2O4S/c1-16-26(34-29(37)39-17(2)20-6-4-5-7-23(20)31)27(40-35-16)22-14-24(32)21(15-25(22)33)18-8-10-19(11-9-18)30(12-13-30)28(36)38-3/h4-11,14-15,17H,12-13H2,1-3H3,(H,34,37). The Morgan fingerprint density at radius 1 is 1.05 bits per heavy atom. The van der Waals surface area contributed by atoms with E-state index < -0.39 is 23.4 Å². The van der Waals surface area contributed by atoms with E-state index in [1.165, 1.54) is 19.2 Å². The molecule has 1 saturated carbocycles. The Morgan fingerprint density at radius 2 is 1.75 bits per heavy atom. The van der Waals surface area contributed by atoms with E-state index in [0.717, 1.165) is 29.9 Å². The van der Waals surface area contributed by atoms with E-state index in [0.29, 0.717) is 43.0 Å². The highest BCUT2D eigenvalue weighted by Gasteiger charge is 2.52. The molecule has 1 aliphatic carbocycles. The number of esters is 1. The highest BCUT2D eigenvalue weighted by molar-refractivity contribution is 7.10. The average molecular weight is 600 g/mol. The predicted molar refractivity (Wildman–Crippen MR) is 156 cm³/mol. The Bertz CT molecular complexity index is 1600. The first-order valence-electron chi connectivity index (χ1n) is 12.5. The van der Waals surface area contributed by atoms with Gasteiger partial charge in [-0.05, 0) is 67.5 Å². The number of nitrogens with one attached hydrogen (secondary N) is 1. The quantitative estimate of drug-likeness (QED) is 0.215. The van der Waals surface area contributed by atoms with Crippen molar-refractivity contribution >= 4 is 52.5 Å². The molecule has 5 rings (SSSR count). The fourth-order valence-corrected chi connectivity index (χ4v) is 6.13. The van der Waals surface area contributed by atoms with Gasteiger partial charge in [-0.25, -0.2) is 9.18 Å². The second kappa shape index (κ2) is 11.2. The molecule has 1 heterocycles. The third-order valence-corrected chi connectivity index (χ3v) is 8.72. The van der Waals surface area contributed by atoms with Gasteiger partial charge in [0.15, 0.2) is 0 Å². The smallest absolute Gasteiger partial charge is 0.412 e. The van der Waals surface area contributed by atoms with Gasteiger partial charge in [-0.3, -0.25) is 10.1 Å². The van der Waals surface area contributed by atoms with Gasteiger partial charge in [0.25, 0.3) is 0 Å². The first-order valence-corrected chi connectivity index (χ1v) is 14.0. The maximum Gasteiger partial charge on any atom is 0.412 e. The van der Waals surface area contributed by atoms with E-state index in [1.807, 2.05) is 24.3 Å². The molecule has 1 atom stereocenters. The molecule has 4 aromatic rings. The molecule has 10 heteroatoms. The van der Waals surface area contributed by atoms with E-state index in [4.69, 9.17) is 32.7 Å². The summed E-state index contributed by atoms with van der Waals surface area (Å²) in [6, 6.07) is 17.3. The Hall–Kier alpha value is -3.46. The van der Waals surface area contributed by atoms with Crippen LogP contribution < -0.4 is 5.32 Å². The minimum atomic E-state index is -0.722. The molecule has 1 fully saturated rings. The van der Waals surface area contributed by atoms with Crippen molar-refractivity contribution in [3.63, 3.8) is 0 Å². The molecule has 0 aliphatic heterocycles. The molecule has 0 bridgehead atoms. The van der Waals surface area contributed by atoms with Crippen LogP contribution in [0.5, 0.6) is 0 Å². The molecule has 0 radical (unpaired) electrons. The Kier molecular flexibility index (Phi) is 7.86. The van der Waals surface area contributed by atoms with Gasteiger partial charge in [0, 0.05) is 26.7 Å². The second-order valence-corrected chi connectivity index (χ2v) is 11.2. The summed E-state index contributed by atoms with van der Waals surface area (Å²) < 4.78 is 30.3. The van der Waals surface area contributed by atoms with E-state index in [1.54, 1.807) is 38.1 Å². The largest absolute Gasteiger partial charge is 0.468 e. The number of carbonyl (C=O) groups is 2. The molecule has 40 heavy (non-hydrogen) atoms. The molecule has 1 N–H and O–H groups in total. The van der Waals surface area contributed by atoms with Crippen LogP contribution in [0.3, 0.4) is 0 Å². The van der Waals surface area contributed by atoms with Gasteiger partial charge in [0.1, 0.15) is 11.9 Å². The van der Waals surface area contributed by atoms with Crippen molar-refractivity contribution in [2.45, 2.75) is 38.2 Å². The molecule has 1 aliphatic rings. The summed E-state index contributed by atoms with van der Waals surface area (Å²) in [6.45, 7) is 3.43. The van der Waals surface area contributed by atoms with E-state index in [9.17, 15) is 9.59 Å². The summed E-state index contributed by atoms with van der Waals surface area (Å²) in [7, 11) is 1.39. The van der Waals surface area contributed by atoms with Gasteiger partial charge in [0.05, 0.1) is 28.8 Å². The highest BCUT2D eigenvalue weighted by Crippen LogP contribution is 2.49. The van der Waals surface area contributed by atoms with Crippen LogP contribution in [0, 0.1) is 12.7 Å². The summed E-state index contributed by atoms with van der Waals surface area (Å²) in [5.41, 5.74) is 3.20. The lowest BCUT2D eigenvalue weighted by Gasteiger charge is -2.16. The summed E-state index contributed by atoms with van der Waals surface area (Å²) >= 11 is 13.9. The van der Waals surface area contributed by atoms with Crippen LogP contribution in [-0.2, 0) is 19.7 Å². The van der Waals surface area contributed by atoms with Crippen LogP contribution in [0.4, 0.5) is 14.9 Å². The van der Waals surface area contributed by atoms with Crippen molar-refractivity contribution in [2.24, 2.45) is 0 Å². The number of halogens is 3. The number of carbonyl (C=O) groups excluding carboxylic acids is 2. The molecular formula is C30H25Cl2FN2O4S. The molecule has 6 nitrogen and oxygen atoms in total. The summed E-state index contributed by atoms with van der Waals surface area (Å²) in [5.74, 6) is -0.777. The van der Waals surface area contributed by atoms with Gasteiger partial charge >= 0.3 is 12.1 Å². The van der Waals surface area contributed by atoms with Crippen LogP contribution in [-0.4, -0.2) is 23.5 Å². The van der Waals surface area contributed by atoms with Gasteiger partial charge in [-0.1, -0.05) is 65.7 Å². The number of methoxy groups -OCH3 is 1. The minimum absolute atomic E-state index is 0.202.